The molecule has 0 aromatic heterocycles. The normalized spacial score (nSPS) is 22.2. The number of hydrogen-bond acceptors (Lipinski definition) is 5. The SMILES string of the molecule is CN=C(NCCCN1CCCN(C)CC1)NCC(C)(C)N1CCOCC1. The minimum Gasteiger partial charge on any atom is -0.379 e. The lowest BCUT2D eigenvalue weighted by atomic mass is 10.0. The van der Waals surface area contributed by atoms with Gasteiger partial charge in [0.15, 0.2) is 5.96 Å². The van der Waals surface area contributed by atoms with E-state index in [1.54, 1.807) is 0 Å². The van der Waals surface area contributed by atoms with Crippen LogP contribution in [0.2, 0.25) is 0 Å². The second-order valence-electron chi connectivity index (χ2n) is 8.12. The van der Waals surface area contributed by atoms with Crippen molar-refractivity contribution >= 4 is 5.96 Å². The van der Waals surface area contributed by atoms with Crippen LogP contribution in [-0.4, -0.2) is 112 Å². The first-order chi connectivity index (χ1) is 12.5. The van der Waals surface area contributed by atoms with Crippen LogP contribution in [0, 0.1) is 0 Å². The van der Waals surface area contributed by atoms with Gasteiger partial charge in [-0.3, -0.25) is 9.89 Å². The molecule has 7 nitrogen and oxygen atoms in total. The topological polar surface area (TPSA) is 55.4 Å². The summed E-state index contributed by atoms with van der Waals surface area (Å²) in [5.41, 5.74) is 0.0967. The van der Waals surface area contributed by atoms with Gasteiger partial charge in [0.25, 0.3) is 0 Å². The molecule has 0 aliphatic carbocycles. The number of morpholine rings is 1. The van der Waals surface area contributed by atoms with Crippen molar-refractivity contribution in [3.05, 3.63) is 0 Å². The molecular formula is C19H40N6O. The van der Waals surface area contributed by atoms with Crippen LogP contribution in [0.15, 0.2) is 4.99 Å². The van der Waals surface area contributed by atoms with Gasteiger partial charge in [-0.2, -0.15) is 0 Å². The van der Waals surface area contributed by atoms with E-state index in [-0.39, 0.29) is 5.54 Å². The van der Waals surface area contributed by atoms with Crippen molar-refractivity contribution in [2.45, 2.75) is 32.2 Å². The van der Waals surface area contributed by atoms with E-state index in [1.165, 1.54) is 32.6 Å². The van der Waals surface area contributed by atoms with Crippen LogP contribution in [0.1, 0.15) is 26.7 Å². The van der Waals surface area contributed by atoms with Gasteiger partial charge in [-0.05, 0) is 53.4 Å². The fourth-order valence-corrected chi connectivity index (χ4v) is 3.63. The number of likely N-dealkylation sites (N-methyl/N-ethyl adjacent to an activating group) is 1. The van der Waals surface area contributed by atoms with Crippen molar-refractivity contribution < 1.29 is 4.74 Å². The quantitative estimate of drug-likeness (QED) is 0.383. The first-order valence-electron chi connectivity index (χ1n) is 10.2. The zero-order valence-corrected chi connectivity index (χ0v) is 17.4. The molecule has 2 N–H and O–H groups in total. The average molecular weight is 369 g/mol. The number of rotatable bonds is 7. The fourth-order valence-electron chi connectivity index (χ4n) is 3.63. The predicted molar refractivity (Wildman–Crippen MR) is 109 cm³/mol. The molecule has 2 fully saturated rings. The summed E-state index contributed by atoms with van der Waals surface area (Å²) in [5, 5.41) is 6.96. The summed E-state index contributed by atoms with van der Waals surface area (Å²) >= 11 is 0. The molecule has 2 saturated heterocycles. The highest BCUT2D eigenvalue weighted by Gasteiger charge is 2.28. The standard InChI is InChI=1S/C19H40N6O/c1-19(2,25-13-15-26-16-14-25)17-22-18(20-3)21-7-5-9-24-10-6-8-23(4)11-12-24/h5-17H2,1-4H3,(H2,20,21,22). The van der Waals surface area contributed by atoms with Crippen LogP contribution in [0.3, 0.4) is 0 Å². The van der Waals surface area contributed by atoms with Gasteiger partial charge in [-0.25, -0.2) is 0 Å². The summed E-state index contributed by atoms with van der Waals surface area (Å²) in [7, 11) is 4.07. The van der Waals surface area contributed by atoms with Crippen molar-refractivity contribution in [1.82, 2.24) is 25.3 Å². The molecule has 0 amide bonds. The maximum absolute atomic E-state index is 5.47. The zero-order chi connectivity index (χ0) is 18.8. The third-order valence-electron chi connectivity index (χ3n) is 5.53. The van der Waals surface area contributed by atoms with Crippen LogP contribution in [0.4, 0.5) is 0 Å². The van der Waals surface area contributed by atoms with E-state index in [0.717, 1.165) is 58.3 Å². The summed E-state index contributed by atoms with van der Waals surface area (Å²) in [5.74, 6) is 0.905. The van der Waals surface area contributed by atoms with Crippen molar-refractivity contribution in [3.8, 4) is 0 Å². The van der Waals surface area contributed by atoms with Crippen LogP contribution < -0.4 is 10.6 Å². The van der Waals surface area contributed by atoms with Gasteiger partial charge in [0.2, 0.25) is 0 Å². The van der Waals surface area contributed by atoms with Gasteiger partial charge >= 0.3 is 0 Å². The summed E-state index contributed by atoms with van der Waals surface area (Å²) in [4.78, 5) is 11.9. The molecule has 0 unspecified atom stereocenters. The Kier molecular flexibility index (Phi) is 9.11. The lowest BCUT2D eigenvalue weighted by molar-refractivity contribution is -0.00833. The molecule has 0 atom stereocenters. The summed E-state index contributed by atoms with van der Waals surface area (Å²) in [6, 6.07) is 0. The molecule has 0 bridgehead atoms. The molecule has 2 aliphatic rings. The molecular weight excluding hydrogens is 328 g/mol. The lowest BCUT2D eigenvalue weighted by Gasteiger charge is -2.41. The van der Waals surface area contributed by atoms with Gasteiger partial charge in [0, 0.05) is 51.9 Å². The number of nitrogens with zero attached hydrogens (tertiary/aromatic N) is 4. The Morgan fingerprint density at radius 1 is 1.04 bits per heavy atom. The van der Waals surface area contributed by atoms with E-state index in [1.807, 2.05) is 7.05 Å². The van der Waals surface area contributed by atoms with Gasteiger partial charge in [-0.1, -0.05) is 0 Å². The smallest absolute Gasteiger partial charge is 0.191 e. The predicted octanol–water partition coefficient (Wildman–Crippen LogP) is 0.290. The Morgan fingerprint density at radius 3 is 2.54 bits per heavy atom. The molecule has 2 heterocycles. The molecule has 7 heteroatoms. The second-order valence-corrected chi connectivity index (χ2v) is 8.12. The van der Waals surface area contributed by atoms with Gasteiger partial charge in [0.1, 0.15) is 0 Å². The highest BCUT2D eigenvalue weighted by Crippen LogP contribution is 2.14. The average Bonchev–Trinajstić information content (AvgIpc) is 2.86. The summed E-state index contributed by atoms with van der Waals surface area (Å²) in [6.45, 7) is 16.1. The van der Waals surface area contributed by atoms with Gasteiger partial charge in [0.05, 0.1) is 13.2 Å². The molecule has 2 aliphatic heterocycles. The van der Waals surface area contributed by atoms with E-state index in [0.29, 0.717) is 0 Å². The van der Waals surface area contributed by atoms with E-state index >= 15 is 0 Å². The molecule has 0 aromatic rings. The maximum Gasteiger partial charge on any atom is 0.191 e. The van der Waals surface area contributed by atoms with E-state index in [2.05, 4.69) is 51.2 Å². The third-order valence-corrected chi connectivity index (χ3v) is 5.53. The number of aliphatic imine (C=N–C) groups is 1. The van der Waals surface area contributed by atoms with Crippen LogP contribution in [0.25, 0.3) is 0 Å². The summed E-state index contributed by atoms with van der Waals surface area (Å²) < 4.78 is 5.47. The Labute approximate surface area is 160 Å². The zero-order valence-electron chi connectivity index (χ0n) is 17.4. The van der Waals surface area contributed by atoms with Gasteiger partial charge < -0.3 is 25.2 Å². The number of ether oxygens (including phenoxy) is 1. The Bertz CT molecular complexity index is 422. The van der Waals surface area contributed by atoms with Crippen molar-refractivity contribution in [2.75, 3.05) is 86.2 Å². The van der Waals surface area contributed by atoms with Crippen molar-refractivity contribution in [1.29, 1.82) is 0 Å². The van der Waals surface area contributed by atoms with E-state index < -0.39 is 0 Å². The Hall–Kier alpha value is -0.890. The largest absolute Gasteiger partial charge is 0.379 e. The van der Waals surface area contributed by atoms with Crippen LogP contribution >= 0.6 is 0 Å². The second kappa shape index (κ2) is 11.1. The third kappa shape index (κ3) is 7.39. The first kappa shape index (κ1) is 21.4. The lowest BCUT2D eigenvalue weighted by Crippen LogP contribution is -2.56. The molecule has 0 spiro atoms. The van der Waals surface area contributed by atoms with Crippen LogP contribution in [0.5, 0.6) is 0 Å². The maximum atomic E-state index is 5.47. The van der Waals surface area contributed by atoms with E-state index in [9.17, 15) is 0 Å². The minimum absolute atomic E-state index is 0.0967. The van der Waals surface area contributed by atoms with Crippen molar-refractivity contribution in [2.24, 2.45) is 4.99 Å². The highest BCUT2D eigenvalue weighted by atomic mass is 16.5. The molecule has 0 aromatic carbocycles. The van der Waals surface area contributed by atoms with Gasteiger partial charge in [-0.15, -0.1) is 0 Å². The number of hydrogen-bond donors (Lipinski definition) is 2. The number of guanidine groups is 1. The minimum atomic E-state index is 0.0967. The first-order valence-corrected chi connectivity index (χ1v) is 10.2. The summed E-state index contributed by atoms with van der Waals surface area (Å²) in [6.07, 6.45) is 2.43. The Balaban J connectivity index is 1.62. The number of nitrogens with one attached hydrogen (secondary N) is 2. The monoisotopic (exact) mass is 368 g/mol. The molecule has 2 rings (SSSR count). The molecule has 26 heavy (non-hydrogen) atoms. The van der Waals surface area contributed by atoms with Crippen LogP contribution in [-0.2, 0) is 4.74 Å². The highest BCUT2D eigenvalue weighted by molar-refractivity contribution is 5.79. The molecule has 0 saturated carbocycles. The molecule has 152 valence electrons. The Morgan fingerprint density at radius 2 is 1.81 bits per heavy atom. The van der Waals surface area contributed by atoms with Crippen molar-refractivity contribution in [3.63, 3.8) is 0 Å². The molecule has 0 radical (unpaired) electrons. The fraction of sp³-hybridized carbons (Fsp3) is 0.947. The van der Waals surface area contributed by atoms with E-state index in [4.69, 9.17) is 4.74 Å².